The van der Waals surface area contributed by atoms with Crippen LogP contribution in [0.1, 0.15) is 43.9 Å². The molecular formula is C36H43N5O10. The van der Waals surface area contributed by atoms with Crippen LogP contribution < -0.4 is 26.6 Å². The molecule has 0 unspecified atom stereocenters. The van der Waals surface area contributed by atoms with E-state index in [-0.39, 0.29) is 36.4 Å². The quantitative estimate of drug-likeness (QED) is 0.165. The molecule has 0 radical (unpaired) electrons. The van der Waals surface area contributed by atoms with Gasteiger partial charge in [0, 0.05) is 32.4 Å². The second-order valence-corrected chi connectivity index (χ2v) is 13.2. The lowest BCUT2D eigenvalue weighted by Gasteiger charge is -2.27. The first-order valence-electron chi connectivity index (χ1n) is 16.3. The number of carboxylic acid groups (broad SMARTS) is 1. The van der Waals surface area contributed by atoms with Crippen LogP contribution in [-0.4, -0.2) is 86.7 Å². The summed E-state index contributed by atoms with van der Waals surface area (Å²) in [6, 6.07) is 14.1. The summed E-state index contributed by atoms with van der Waals surface area (Å²) in [4.78, 5) is 65.4. The highest BCUT2D eigenvalue weighted by Crippen LogP contribution is 2.31. The number of alkyl carbamates (subject to hydrolysis) is 1. The Labute approximate surface area is 294 Å². The Morgan fingerprint density at radius 3 is 2.06 bits per heavy atom. The van der Waals surface area contributed by atoms with Crippen LogP contribution >= 0.6 is 0 Å². The smallest absolute Gasteiger partial charge is 0.408 e. The largest absolute Gasteiger partial charge is 0.508 e. The minimum absolute atomic E-state index is 0.117. The van der Waals surface area contributed by atoms with E-state index in [1.165, 1.54) is 12.1 Å². The monoisotopic (exact) mass is 705 g/mol. The number of phenols is 2. The van der Waals surface area contributed by atoms with Crippen molar-refractivity contribution in [2.75, 3.05) is 6.54 Å². The van der Waals surface area contributed by atoms with E-state index >= 15 is 0 Å². The van der Waals surface area contributed by atoms with Crippen molar-refractivity contribution in [1.29, 1.82) is 0 Å². The maximum Gasteiger partial charge on any atom is 0.408 e. The van der Waals surface area contributed by atoms with Gasteiger partial charge in [-0.05, 0) is 72.9 Å². The number of hydrogen-bond donors (Lipinski definition) is 9. The van der Waals surface area contributed by atoms with Crippen molar-refractivity contribution >= 4 is 29.9 Å². The van der Waals surface area contributed by atoms with E-state index in [0.717, 1.165) is 5.56 Å². The fourth-order valence-electron chi connectivity index (χ4n) is 5.41. The van der Waals surface area contributed by atoms with Crippen LogP contribution in [0.25, 0.3) is 11.1 Å². The Balaban J connectivity index is 1.78. The molecular weight excluding hydrogens is 662 g/mol. The molecule has 1 aliphatic rings. The van der Waals surface area contributed by atoms with Gasteiger partial charge in [0.25, 0.3) is 0 Å². The predicted molar refractivity (Wildman–Crippen MR) is 185 cm³/mol. The molecule has 3 aromatic rings. The van der Waals surface area contributed by atoms with E-state index in [1.54, 1.807) is 69.3 Å². The number of amides is 5. The van der Waals surface area contributed by atoms with Crippen LogP contribution in [-0.2, 0) is 38.5 Å². The zero-order chi connectivity index (χ0) is 37.3. The van der Waals surface area contributed by atoms with Crippen molar-refractivity contribution in [2.24, 2.45) is 0 Å². The summed E-state index contributed by atoms with van der Waals surface area (Å²) in [5, 5.41) is 53.7. The number of aliphatic hydroxyl groups is 1. The second-order valence-electron chi connectivity index (χ2n) is 13.2. The summed E-state index contributed by atoms with van der Waals surface area (Å²) in [6.45, 7) is 4.51. The zero-order valence-electron chi connectivity index (χ0n) is 28.4. The number of fused-ring (bicyclic) bond motifs is 5. The molecule has 0 spiro atoms. The molecule has 4 rings (SSSR count). The molecule has 0 saturated heterocycles. The van der Waals surface area contributed by atoms with Crippen LogP contribution in [0.5, 0.6) is 11.5 Å². The molecule has 15 nitrogen and oxygen atoms in total. The molecule has 1 aliphatic heterocycles. The van der Waals surface area contributed by atoms with Gasteiger partial charge in [-0.3, -0.25) is 14.4 Å². The molecule has 4 atom stereocenters. The third-order valence-corrected chi connectivity index (χ3v) is 7.92. The fourth-order valence-corrected chi connectivity index (χ4v) is 5.41. The van der Waals surface area contributed by atoms with Crippen LogP contribution in [0.2, 0.25) is 0 Å². The van der Waals surface area contributed by atoms with Gasteiger partial charge in [0.1, 0.15) is 35.2 Å². The van der Waals surface area contributed by atoms with E-state index in [2.05, 4.69) is 21.3 Å². The van der Waals surface area contributed by atoms with Crippen molar-refractivity contribution in [3.63, 3.8) is 0 Å². The van der Waals surface area contributed by atoms with Gasteiger partial charge >= 0.3 is 12.2 Å². The number of rotatable bonds is 8. The molecule has 4 bridgehead atoms. The lowest BCUT2D eigenvalue weighted by molar-refractivity contribution is -0.133. The summed E-state index contributed by atoms with van der Waals surface area (Å²) >= 11 is 0. The van der Waals surface area contributed by atoms with Gasteiger partial charge in [-0.1, -0.05) is 42.5 Å². The first-order valence-corrected chi connectivity index (χ1v) is 16.3. The van der Waals surface area contributed by atoms with Crippen LogP contribution in [0.15, 0.2) is 66.7 Å². The van der Waals surface area contributed by atoms with E-state index in [1.807, 2.05) is 11.4 Å². The van der Waals surface area contributed by atoms with Gasteiger partial charge in [0.2, 0.25) is 17.7 Å². The summed E-state index contributed by atoms with van der Waals surface area (Å²) in [6.07, 6.45) is -4.81. The molecule has 0 fully saturated rings. The number of nitrogens with one attached hydrogen (secondary N) is 5. The minimum atomic E-state index is -1.56. The summed E-state index contributed by atoms with van der Waals surface area (Å²) in [5.74, 6) is -2.77. The normalized spacial score (nSPS) is 18.5. The minimum Gasteiger partial charge on any atom is -0.508 e. The number of carbonyl (C=O) groups is 5. The lowest BCUT2D eigenvalue weighted by Crippen LogP contribution is -2.58. The van der Waals surface area contributed by atoms with Gasteiger partial charge in [-0.15, -0.1) is 0 Å². The third-order valence-electron chi connectivity index (χ3n) is 7.92. The lowest BCUT2D eigenvalue weighted by atomic mass is 9.95. The molecule has 51 heavy (non-hydrogen) atoms. The number of benzene rings is 3. The molecule has 3 aromatic carbocycles. The number of aromatic hydroxyl groups is 2. The fraction of sp³-hybridized carbons (Fsp3) is 0.361. The Hall–Kier alpha value is -5.83. The van der Waals surface area contributed by atoms with Crippen molar-refractivity contribution in [3.05, 3.63) is 83.4 Å². The summed E-state index contributed by atoms with van der Waals surface area (Å²) in [7, 11) is 0. The number of carbonyl (C=O) groups excluding carboxylic acids is 4. The van der Waals surface area contributed by atoms with Crippen LogP contribution in [0.4, 0.5) is 9.59 Å². The van der Waals surface area contributed by atoms with Crippen molar-refractivity contribution < 1.29 is 49.1 Å². The Bertz CT molecular complexity index is 1740. The van der Waals surface area contributed by atoms with E-state index < -0.39 is 72.7 Å². The van der Waals surface area contributed by atoms with Crippen molar-refractivity contribution in [1.82, 2.24) is 26.6 Å². The highest BCUT2D eigenvalue weighted by Gasteiger charge is 2.33. The van der Waals surface area contributed by atoms with Gasteiger partial charge < -0.3 is 51.7 Å². The second kappa shape index (κ2) is 16.7. The average molecular weight is 706 g/mol. The number of phenolic OH excluding ortho intramolecular Hbond substituents is 2. The Kier molecular flexibility index (Phi) is 12.5. The zero-order valence-corrected chi connectivity index (χ0v) is 28.4. The maximum atomic E-state index is 13.9. The first-order chi connectivity index (χ1) is 24.1. The topological polar surface area (TPSA) is 236 Å². The molecule has 15 heteroatoms. The van der Waals surface area contributed by atoms with Gasteiger partial charge in [-0.2, -0.15) is 0 Å². The number of ether oxygens (including phenoxy) is 1. The van der Waals surface area contributed by atoms with Gasteiger partial charge in [-0.25, -0.2) is 9.59 Å². The SMILES string of the molecule is CC(C)(C)OC(=O)N[C@H]1Cc2cc(ccc2O)-c2ccc(O)c(c2)C[C@@H](C(=O)NCc2ccccc2)NC(=O)[C@H](C[C@@H](O)CNC(=O)O)NC1=O. The molecule has 272 valence electrons. The van der Waals surface area contributed by atoms with Crippen molar-refractivity contribution in [2.45, 2.75) is 76.4 Å². The molecule has 9 N–H and O–H groups in total. The predicted octanol–water partition coefficient (Wildman–Crippen LogP) is 2.06. The van der Waals surface area contributed by atoms with E-state index in [0.29, 0.717) is 16.7 Å². The standard InChI is InChI=1S/C36H43N5O10/c1-36(2,3)51-35(50)41-27-16-24-14-22(10-12-30(24)44)21-9-11-29(43)23(13-21)15-26(31(45)37-18-20-7-5-4-6-8-20)39-33(47)28(40-32(27)46)17-25(42)19-38-34(48)49/h4-14,25-28,38,42-44H,15-19H2,1-3H3,(H,37,45)(H,39,47)(H,40,46)(H,41,50)(H,48,49)/t25-,26+,27+,28+/m1/s1. The van der Waals surface area contributed by atoms with Gasteiger partial charge in [0.15, 0.2) is 0 Å². The molecule has 0 aliphatic carbocycles. The van der Waals surface area contributed by atoms with Gasteiger partial charge in [0.05, 0.1) is 6.10 Å². The summed E-state index contributed by atoms with van der Waals surface area (Å²) in [5.41, 5.74) is 1.56. The Morgan fingerprint density at radius 2 is 1.47 bits per heavy atom. The maximum absolute atomic E-state index is 13.9. The number of hydrogen-bond acceptors (Lipinski definition) is 9. The highest BCUT2D eigenvalue weighted by molar-refractivity contribution is 5.94. The van der Waals surface area contributed by atoms with E-state index in [4.69, 9.17) is 9.84 Å². The van der Waals surface area contributed by atoms with Crippen LogP contribution in [0, 0.1) is 0 Å². The molecule has 5 amide bonds. The summed E-state index contributed by atoms with van der Waals surface area (Å²) < 4.78 is 5.36. The third kappa shape index (κ3) is 11.4. The average Bonchev–Trinajstić information content (AvgIpc) is 3.06. The molecule has 0 saturated carbocycles. The van der Waals surface area contributed by atoms with Crippen molar-refractivity contribution in [3.8, 4) is 22.6 Å². The highest BCUT2D eigenvalue weighted by atomic mass is 16.6. The first kappa shape index (κ1) is 38.0. The number of aliphatic hydroxyl groups excluding tert-OH is 1. The van der Waals surface area contributed by atoms with E-state index in [9.17, 15) is 39.3 Å². The molecule has 0 aromatic heterocycles. The molecule has 1 heterocycles. The Morgan fingerprint density at radius 1 is 0.863 bits per heavy atom. The van der Waals surface area contributed by atoms with Crippen LogP contribution in [0.3, 0.4) is 0 Å².